The minimum absolute atomic E-state index is 0.00497. The Morgan fingerprint density at radius 1 is 1.42 bits per heavy atom. The summed E-state index contributed by atoms with van der Waals surface area (Å²) in [6.07, 6.45) is 2.89. The Morgan fingerprint density at radius 2 is 2.16 bits per heavy atom. The van der Waals surface area contributed by atoms with E-state index in [1.807, 2.05) is 26.0 Å². The Bertz CT molecular complexity index is 404. The van der Waals surface area contributed by atoms with Gasteiger partial charge in [-0.15, -0.1) is 6.58 Å². The van der Waals surface area contributed by atoms with Crippen LogP contribution in [0.3, 0.4) is 0 Å². The molecule has 1 aromatic carbocycles. The van der Waals surface area contributed by atoms with Gasteiger partial charge in [0.05, 0.1) is 0 Å². The Morgan fingerprint density at radius 3 is 2.74 bits per heavy atom. The second-order valence-corrected chi connectivity index (χ2v) is 4.69. The number of anilines is 1. The predicted octanol–water partition coefficient (Wildman–Crippen LogP) is 3.90. The zero-order chi connectivity index (χ0) is 14.3. The van der Waals surface area contributed by atoms with Crippen molar-refractivity contribution in [2.75, 3.05) is 24.5 Å². The lowest BCUT2D eigenvalue weighted by molar-refractivity contribution is 0.539. The minimum atomic E-state index is -0.142. The van der Waals surface area contributed by atoms with Crippen LogP contribution >= 0.6 is 0 Å². The van der Waals surface area contributed by atoms with Crippen LogP contribution in [0.25, 0.3) is 0 Å². The fraction of sp³-hybridized carbons (Fsp3) is 0.500. The highest BCUT2D eigenvalue weighted by atomic mass is 19.1. The second-order valence-electron chi connectivity index (χ2n) is 4.69. The lowest BCUT2D eigenvalue weighted by Gasteiger charge is -2.28. The summed E-state index contributed by atoms with van der Waals surface area (Å²) in [6, 6.07) is 5.31. The van der Waals surface area contributed by atoms with Crippen LogP contribution in [0.5, 0.6) is 0 Å². The molecule has 1 unspecified atom stereocenters. The molecule has 1 rings (SSSR count). The fourth-order valence-electron chi connectivity index (χ4n) is 2.37. The fourth-order valence-corrected chi connectivity index (χ4v) is 2.37. The molecule has 0 bridgehead atoms. The van der Waals surface area contributed by atoms with E-state index in [4.69, 9.17) is 0 Å². The maximum absolute atomic E-state index is 14.2. The molecule has 0 spiro atoms. The van der Waals surface area contributed by atoms with Crippen molar-refractivity contribution in [3.63, 3.8) is 0 Å². The third kappa shape index (κ3) is 4.06. The van der Waals surface area contributed by atoms with Crippen LogP contribution in [0.15, 0.2) is 30.9 Å². The van der Waals surface area contributed by atoms with Crippen molar-refractivity contribution >= 4 is 5.69 Å². The Balaban J connectivity index is 3.16. The topological polar surface area (TPSA) is 15.3 Å². The summed E-state index contributed by atoms with van der Waals surface area (Å²) >= 11 is 0. The van der Waals surface area contributed by atoms with E-state index in [2.05, 4.69) is 23.7 Å². The highest BCUT2D eigenvalue weighted by Gasteiger charge is 2.18. The molecule has 1 N–H and O–H groups in total. The van der Waals surface area contributed by atoms with E-state index in [-0.39, 0.29) is 11.9 Å². The number of halogens is 1. The molecule has 0 aliphatic heterocycles. The quantitative estimate of drug-likeness (QED) is 0.716. The Labute approximate surface area is 116 Å². The molecule has 0 radical (unpaired) electrons. The summed E-state index contributed by atoms with van der Waals surface area (Å²) in [5.74, 6) is -0.142. The number of nitrogens with one attached hydrogen (secondary N) is 1. The molecule has 0 amide bonds. The van der Waals surface area contributed by atoms with Gasteiger partial charge in [-0.05, 0) is 32.0 Å². The normalized spacial score (nSPS) is 12.2. The second kappa shape index (κ2) is 7.95. The third-order valence-corrected chi connectivity index (χ3v) is 3.16. The van der Waals surface area contributed by atoms with Crippen molar-refractivity contribution in [3.8, 4) is 0 Å². The molecule has 0 aliphatic carbocycles. The molecule has 2 nitrogen and oxygen atoms in total. The zero-order valence-corrected chi connectivity index (χ0v) is 12.2. The molecular weight excluding hydrogens is 239 g/mol. The van der Waals surface area contributed by atoms with Crippen molar-refractivity contribution in [2.24, 2.45) is 0 Å². The molecule has 0 heterocycles. The molecule has 1 atom stereocenters. The molecule has 0 saturated carbocycles. The van der Waals surface area contributed by atoms with Gasteiger partial charge < -0.3 is 10.2 Å². The Kier molecular flexibility index (Phi) is 6.57. The van der Waals surface area contributed by atoms with Crippen LogP contribution in [0.2, 0.25) is 0 Å². The van der Waals surface area contributed by atoms with Crippen LogP contribution in [-0.2, 0) is 0 Å². The highest BCUT2D eigenvalue weighted by molar-refractivity contribution is 5.56. The van der Waals surface area contributed by atoms with Gasteiger partial charge in [0.15, 0.2) is 0 Å². The van der Waals surface area contributed by atoms with Crippen LogP contribution < -0.4 is 10.2 Å². The van der Waals surface area contributed by atoms with Gasteiger partial charge in [0.25, 0.3) is 0 Å². The maximum atomic E-state index is 14.2. The first kappa shape index (κ1) is 15.7. The summed E-state index contributed by atoms with van der Waals surface area (Å²) in [7, 11) is 0. The van der Waals surface area contributed by atoms with Gasteiger partial charge in [0, 0.05) is 30.4 Å². The first-order valence-corrected chi connectivity index (χ1v) is 7.03. The van der Waals surface area contributed by atoms with Gasteiger partial charge in [0.2, 0.25) is 0 Å². The van der Waals surface area contributed by atoms with E-state index in [9.17, 15) is 4.39 Å². The highest BCUT2D eigenvalue weighted by Crippen LogP contribution is 2.29. The molecule has 3 heteroatoms. The van der Waals surface area contributed by atoms with Gasteiger partial charge in [0.1, 0.15) is 5.82 Å². The first-order valence-electron chi connectivity index (χ1n) is 7.03. The molecular formula is C16H25FN2. The molecule has 106 valence electrons. The van der Waals surface area contributed by atoms with Crippen LogP contribution in [0, 0.1) is 5.82 Å². The number of benzene rings is 1. The van der Waals surface area contributed by atoms with Gasteiger partial charge in [-0.3, -0.25) is 0 Å². The number of rotatable bonds is 8. The van der Waals surface area contributed by atoms with Crippen molar-refractivity contribution < 1.29 is 4.39 Å². The first-order chi connectivity index (χ1) is 9.15. The molecule has 0 fully saturated rings. The van der Waals surface area contributed by atoms with Gasteiger partial charge >= 0.3 is 0 Å². The van der Waals surface area contributed by atoms with Gasteiger partial charge in [-0.25, -0.2) is 4.39 Å². The lowest BCUT2D eigenvalue weighted by atomic mass is 10.0. The molecule has 19 heavy (non-hydrogen) atoms. The minimum Gasteiger partial charge on any atom is -0.367 e. The van der Waals surface area contributed by atoms with E-state index in [0.29, 0.717) is 0 Å². The zero-order valence-electron chi connectivity index (χ0n) is 12.2. The van der Waals surface area contributed by atoms with E-state index >= 15 is 0 Å². The predicted molar refractivity (Wildman–Crippen MR) is 81.2 cm³/mol. The third-order valence-electron chi connectivity index (χ3n) is 3.16. The number of hydrogen-bond donors (Lipinski definition) is 1. The van der Waals surface area contributed by atoms with Crippen LogP contribution in [-0.4, -0.2) is 19.6 Å². The van der Waals surface area contributed by atoms with E-state index in [1.165, 1.54) is 6.07 Å². The number of nitrogens with zero attached hydrogens (tertiary/aromatic N) is 1. The monoisotopic (exact) mass is 264 g/mol. The van der Waals surface area contributed by atoms with E-state index in [1.54, 1.807) is 6.07 Å². The van der Waals surface area contributed by atoms with Gasteiger partial charge in [-0.1, -0.05) is 26.0 Å². The lowest BCUT2D eigenvalue weighted by Crippen LogP contribution is -2.28. The van der Waals surface area contributed by atoms with Crippen molar-refractivity contribution in [1.82, 2.24) is 5.32 Å². The summed E-state index contributed by atoms with van der Waals surface area (Å²) < 4.78 is 14.2. The summed E-state index contributed by atoms with van der Waals surface area (Å²) in [5.41, 5.74) is 1.72. The maximum Gasteiger partial charge on any atom is 0.130 e. The SMILES string of the molecule is C=CCN(CCC)c1cccc(F)c1C(C)NCC. The van der Waals surface area contributed by atoms with E-state index < -0.39 is 0 Å². The van der Waals surface area contributed by atoms with Gasteiger partial charge in [-0.2, -0.15) is 0 Å². The smallest absolute Gasteiger partial charge is 0.130 e. The van der Waals surface area contributed by atoms with Crippen molar-refractivity contribution in [3.05, 3.63) is 42.2 Å². The molecule has 1 aromatic rings. The summed E-state index contributed by atoms with van der Waals surface area (Å²) in [5, 5.41) is 3.29. The van der Waals surface area contributed by atoms with E-state index in [0.717, 1.165) is 37.3 Å². The summed E-state index contributed by atoms with van der Waals surface area (Å²) in [4.78, 5) is 2.18. The van der Waals surface area contributed by atoms with Crippen LogP contribution in [0.4, 0.5) is 10.1 Å². The van der Waals surface area contributed by atoms with Crippen LogP contribution in [0.1, 0.15) is 38.8 Å². The molecule has 0 saturated heterocycles. The molecule has 0 aromatic heterocycles. The Hall–Kier alpha value is -1.35. The largest absolute Gasteiger partial charge is 0.367 e. The average molecular weight is 264 g/mol. The number of hydrogen-bond acceptors (Lipinski definition) is 2. The van der Waals surface area contributed by atoms with Crippen molar-refractivity contribution in [1.29, 1.82) is 0 Å². The molecule has 0 aliphatic rings. The average Bonchev–Trinajstić information content (AvgIpc) is 2.38. The standard InChI is InChI=1S/C16H25FN2/c1-5-11-19(12-6-2)15-10-8-9-14(17)16(15)13(4)18-7-3/h5,8-10,13,18H,1,6-7,11-12H2,2-4H3. The summed E-state index contributed by atoms with van der Waals surface area (Å²) in [6.45, 7) is 12.4. The van der Waals surface area contributed by atoms with Crippen molar-refractivity contribution in [2.45, 2.75) is 33.2 Å².